The summed E-state index contributed by atoms with van der Waals surface area (Å²) in [5.41, 5.74) is 5.50. The van der Waals surface area contributed by atoms with Crippen LogP contribution in [0, 0.1) is 11.6 Å². The van der Waals surface area contributed by atoms with E-state index in [0.717, 1.165) is 18.2 Å². The quantitative estimate of drug-likeness (QED) is 0.684. The molecule has 0 spiro atoms. The third-order valence-electron chi connectivity index (χ3n) is 2.68. The predicted octanol–water partition coefficient (Wildman–Crippen LogP) is 2.79. The molecule has 0 saturated carbocycles. The van der Waals surface area contributed by atoms with E-state index in [0.29, 0.717) is 0 Å². The summed E-state index contributed by atoms with van der Waals surface area (Å²) in [6, 6.07) is 7.30. The minimum absolute atomic E-state index is 0.0227. The fraction of sp³-hybridized carbons (Fsp3) is 0.0714. The van der Waals surface area contributed by atoms with Crippen LogP contribution in [-0.4, -0.2) is 12.9 Å². The van der Waals surface area contributed by atoms with Crippen LogP contribution < -0.4 is 10.5 Å². The molecule has 0 bridgehead atoms. The highest BCUT2D eigenvalue weighted by Gasteiger charge is 2.21. The number of rotatable bonds is 3. The van der Waals surface area contributed by atoms with Crippen molar-refractivity contribution < 1.29 is 18.3 Å². The zero-order chi connectivity index (χ0) is 14.0. The Hall–Kier alpha value is -2.43. The average Bonchev–Trinajstić information content (AvgIpc) is 2.40. The highest BCUT2D eigenvalue weighted by Crippen LogP contribution is 2.28. The Morgan fingerprint density at radius 2 is 1.95 bits per heavy atom. The van der Waals surface area contributed by atoms with Crippen LogP contribution in [0.25, 0.3) is 0 Å². The number of anilines is 1. The van der Waals surface area contributed by atoms with Gasteiger partial charge in [0.25, 0.3) is 0 Å². The first-order valence-corrected chi connectivity index (χ1v) is 5.47. The van der Waals surface area contributed by atoms with Gasteiger partial charge in [-0.2, -0.15) is 0 Å². The molecule has 2 rings (SSSR count). The van der Waals surface area contributed by atoms with E-state index in [2.05, 4.69) is 0 Å². The molecule has 2 aromatic carbocycles. The number of ketones is 1. The van der Waals surface area contributed by atoms with Gasteiger partial charge in [0.1, 0.15) is 17.4 Å². The smallest absolute Gasteiger partial charge is 0.201 e. The molecular weight excluding hydrogens is 252 g/mol. The van der Waals surface area contributed by atoms with Crippen LogP contribution in [0.4, 0.5) is 14.5 Å². The zero-order valence-electron chi connectivity index (χ0n) is 10.1. The maximum absolute atomic E-state index is 13.6. The van der Waals surface area contributed by atoms with Crippen molar-refractivity contribution in [2.45, 2.75) is 0 Å². The van der Waals surface area contributed by atoms with Crippen LogP contribution in [0.2, 0.25) is 0 Å². The highest BCUT2D eigenvalue weighted by atomic mass is 19.1. The minimum atomic E-state index is -0.809. The van der Waals surface area contributed by atoms with Gasteiger partial charge >= 0.3 is 0 Å². The van der Waals surface area contributed by atoms with Gasteiger partial charge in [0.15, 0.2) is 0 Å². The van der Waals surface area contributed by atoms with Crippen molar-refractivity contribution in [3.05, 3.63) is 59.2 Å². The van der Waals surface area contributed by atoms with E-state index in [4.69, 9.17) is 10.5 Å². The second kappa shape index (κ2) is 5.06. The summed E-state index contributed by atoms with van der Waals surface area (Å²) in [6.07, 6.45) is 0. The van der Waals surface area contributed by atoms with Gasteiger partial charge in [-0.05, 0) is 30.3 Å². The number of halogens is 2. The van der Waals surface area contributed by atoms with Gasteiger partial charge in [-0.1, -0.05) is 6.07 Å². The van der Waals surface area contributed by atoms with Gasteiger partial charge in [-0.15, -0.1) is 0 Å². The topological polar surface area (TPSA) is 52.3 Å². The van der Waals surface area contributed by atoms with E-state index < -0.39 is 17.4 Å². The van der Waals surface area contributed by atoms with Crippen LogP contribution in [0.1, 0.15) is 15.9 Å². The Labute approximate surface area is 108 Å². The van der Waals surface area contributed by atoms with E-state index in [-0.39, 0.29) is 22.6 Å². The largest absolute Gasteiger partial charge is 0.496 e. The summed E-state index contributed by atoms with van der Waals surface area (Å²) in [5, 5.41) is 0. The lowest BCUT2D eigenvalue weighted by Gasteiger charge is -2.10. The number of methoxy groups -OCH3 is 1. The lowest BCUT2D eigenvalue weighted by atomic mass is 10.00. The van der Waals surface area contributed by atoms with E-state index in [9.17, 15) is 13.6 Å². The zero-order valence-corrected chi connectivity index (χ0v) is 10.1. The number of ether oxygens (including phenoxy) is 1. The Morgan fingerprint density at radius 1 is 1.21 bits per heavy atom. The van der Waals surface area contributed by atoms with Gasteiger partial charge in [0, 0.05) is 5.69 Å². The molecule has 0 heterocycles. The predicted molar refractivity (Wildman–Crippen MR) is 67.2 cm³/mol. The first-order chi connectivity index (χ1) is 9.04. The van der Waals surface area contributed by atoms with Crippen LogP contribution in [0.15, 0.2) is 36.4 Å². The van der Waals surface area contributed by atoms with Gasteiger partial charge in [0.2, 0.25) is 5.78 Å². The molecule has 0 saturated heterocycles. The maximum Gasteiger partial charge on any atom is 0.201 e. The Kier molecular flexibility index (Phi) is 3.46. The second-order valence-electron chi connectivity index (χ2n) is 3.88. The molecule has 0 fully saturated rings. The minimum Gasteiger partial charge on any atom is -0.496 e. The van der Waals surface area contributed by atoms with Gasteiger partial charge in [-0.3, -0.25) is 4.79 Å². The molecule has 5 heteroatoms. The molecule has 0 aliphatic heterocycles. The van der Waals surface area contributed by atoms with Crippen molar-refractivity contribution >= 4 is 11.5 Å². The van der Waals surface area contributed by atoms with E-state index >= 15 is 0 Å². The molecule has 2 N–H and O–H groups in total. The number of hydrogen-bond acceptors (Lipinski definition) is 3. The van der Waals surface area contributed by atoms with Gasteiger partial charge in [0.05, 0.1) is 18.2 Å². The Balaban J connectivity index is 2.59. The Morgan fingerprint density at radius 3 is 2.63 bits per heavy atom. The average molecular weight is 263 g/mol. The summed E-state index contributed by atoms with van der Waals surface area (Å²) >= 11 is 0. The fourth-order valence-corrected chi connectivity index (χ4v) is 1.77. The van der Waals surface area contributed by atoms with Crippen LogP contribution in [-0.2, 0) is 0 Å². The monoisotopic (exact) mass is 263 g/mol. The van der Waals surface area contributed by atoms with Crippen LogP contribution >= 0.6 is 0 Å². The molecule has 0 aliphatic carbocycles. The summed E-state index contributed by atoms with van der Waals surface area (Å²) in [4.78, 5) is 12.3. The number of benzene rings is 2. The van der Waals surface area contributed by atoms with Crippen molar-refractivity contribution in [1.82, 2.24) is 0 Å². The van der Waals surface area contributed by atoms with Crippen LogP contribution in [0.3, 0.4) is 0 Å². The summed E-state index contributed by atoms with van der Waals surface area (Å²) < 4.78 is 31.8. The molecule has 0 atom stereocenters. The van der Waals surface area contributed by atoms with Crippen molar-refractivity contribution in [3.63, 3.8) is 0 Å². The molecule has 0 aliphatic rings. The van der Waals surface area contributed by atoms with Crippen molar-refractivity contribution in [2.24, 2.45) is 0 Å². The fourth-order valence-electron chi connectivity index (χ4n) is 1.77. The van der Waals surface area contributed by atoms with Crippen molar-refractivity contribution in [2.75, 3.05) is 12.8 Å². The molecule has 19 heavy (non-hydrogen) atoms. The number of carbonyl (C=O) groups excluding carboxylic acids is 1. The number of nitrogens with two attached hydrogens (primary N) is 1. The van der Waals surface area contributed by atoms with Gasteiger partial charge in [-0.25, -0.2) is 8.78 Å². The summed E-state index contributed by atoms with van der Waals surface area (Å²) in [5.74, 6) is -2.00. The SMILES string of the molecule is COc1cccc(N)c1C(=O)c1cc(F)ccc1F. The molecule has 0 amide bonds. The summed E-state index contributed by atoms with van der Waals surface area (Å²) in [7, 11) is 1.37. The third-order valence-corrected chi connectivity index (χ3v) is 2.68. The standard InChI is InChI=1S/C14H11F2NO2/c1-19-12-4-2-3-11(17)13(12)14(18)9-7-8(15)5-6-10(9)16/h2-7H,17H2,1H3. The molecule has 0 unspecified atom stereocenters. The number of nitrogen functional groups attached to an aromatic ring is 1. The highest BCUT2D eigenvalue weighted by molar-refractivity contribution is 6.14. The maximum atomic E-state index is 13.6. The Bertz CT molecular complexity index is 641. The van der Waals surface area contributed by atoms with E-state index in [1.165, 1.54) is 19.2 Å². The lowest BCUT2D eigenvalue weighted by Crippen LogP contribution is -2.10. The first-order valence-electron chi connectivity index (χ1n) is 5.47. The molecule has 2 aromatic rings. The van der Waals surface area contributed by atoms with E-state index in [1.54, 1.807) is 6.07 Å². The molecule has 3 nitrogen and oxygen atoms in total. The van der Waals surface area contributed by atoms with E-state index in [1.807, 2.05) is 0 Å². The normalized spacial score (nSPS) is 10.3. The first kappa shape index (κ1) is 13.0. The molecule has 0 aromatic heterocycles. The van der Waals surface area contributed by atoms with Crippen molar-refractivity contribution in [3.8, 4) is 5.75 Å². The molecule has 0 radical (unpaired) electrons. The molecular formula is C14H11F2NO2. The summed E-state index contributed by atoms with van der Waals surface area (Å²) in [6.45, 7) is 0. The second-order valence-corrected chi connectivity index (χ2v) is 3.88. The third kappa shape index (κ3) is 2.40. The number of hydrogen-bond donors (Lipinski definition) is 1. The van der Waals surface area contributed by atoms with Crippen LogP contribution in [0.5, 0.6) is 5.75 Å². The number of carbonyl (C=O) groups is 1. The van der Waals surface area contributed by atoms with Gasteiger partial charge < -0.3 is 10.5 Å². The van der Waals surface area contributed by atoms with Crippen molar-refractivity contribution in [1.29, 1.82) is 0 Å². The molecule has 98 valence electrons. The lowest BCUT2D eigenvalue weighted by molar-refractivity contribution is 0.103.